The van der Waals surface area contributed by atoms with Gasteiger partial charge in [0.25, 0.3) is 0 Å². The molecule has 0 N–H and O–H groups in total. The molecule has 0 spiro atoms. The molecule has 1 aromatic heterocycles. The second-order valence-electron chi connectivity index (χ2n) is 4.72. The Kier molecular flexibility index (Phi) is 5.28. The monoisotopic (exact) mass is 252 g/mol. The van der Waals surface area contributed by atoms with E-state index >= 15 is 0 Å². The summed E-state index contributed by atoms with van der Waals surface area (Å²) < 4.78 is 10.4. The van der Waals surface area contributed by atoms with Gasteiger partial charge in [0.15, 0.2) is 5.43 Å². The van der Waals surface area contributed by atoms with Gasteiger partial charge in [-0.25, -0.2) is 0 Å². The summed E-state index contributed by atoms with van der Waals surface area (Å²) in [5, 5.41) is 0. The number of ketones is 1. The van der Waals surface area contributed by atoms with E-state index in [0.29, 0.717) is 30.1 Å². The summed E-state index contributed by atoms with van der Waals surface area (Å²) in [6.07, 6.45) is 1.48. The zero-order chi connectivity index (χ0) is 13.7. The van der Waals surface area contributed by atoms with Crippen LogP contribution >= 0.6 is 0 Å². The minimum atomic E-state index is 0.0104. The van der Waals surface area contributed by atoms with Crippen molar-refractivity contribution in [3.05, 3.63) is 33.9 Å². The lowest BCUT2D eigenvalue weighted by atomic mass is 10.1. The van der Waals surface area contributed by atoms with E-state index < -0.39 is 0 Å². The summed E-state index contributed by atoms with van der Waals surface area (Å²) in [6.45, 7) is 7.39. The highest BCUT2D eigenvalue weighted by Crippen LogP contribution is 2.14. The van der Waals surface area contributed by atoms with Crippen molar-refractivity contribution >= 4 is 5.78 Å². The molecule has 2 atom stereocenters. The van der Waals surface area contributed by atoms with Crippen LogP contribution in [0.1, 0.15) is 38.2 Å². The topological polar surface area (TPSA) is 56.5 Å². The molecule has 1 aliphatic rings. The van der Waals surface area contributed by atoms with Crippen molar-refractivity contribution in [3.63, 3.8) is 0 Å². The van der Waals surface area contributed by atoms with E-state index in [1.165, 1.54) is 12.1 Å². The van der Waals surface area contributed by atoms with Crippen LogP contribution in [-0.2, 0) is 9.53 Å². The van der Waals surface area contributed by atoms with E-state index in [1.54, 1.807) is 13.8 Å². The Bertz CT molecular complexity index is 426. The Morgan fingerprint density at radius 1 is 1.00 bits per heavy atom. The molecule has 0 aliphatic carbocycles. The van der Waals surface area contributed by atoms with Gasteiger partial charge in [-0.1, -0.05) is 0 Å². The van der Waals surface area contributed by atoms with Gasteiger partial charge in [-0.15, -0.1) is 0 Å². The highest BCUT2D eigenvalue weighted by molar-refractivity contribution is 5.79. The van der Waals surface area contributed by atoms with Gasteiger partial charge in [-0.2, -0.15) is 0 Å². The summed E-state index contributed by atoms with van der Waals surface area (Å²) in [6, 6.07) is 2.93. The zero-order valence-corrected chi connectivity index (χ0v) is 11.4. The largest absolute Gasteiger partial charge is 0.466 e. The third kappa shape index (κ3) is 5.27. The molecule has 0 saturated carbocycles. The van der Waals surface area contributed by atoms with Crippen molar-refractivity contribution in [2.75, 3.05) is 0 Å². The predicted molar refractivity (Wildman–Crippen MR) is 68.7 cm³/mol. The van der Waals surface area contributed by atoms with E-state index in [0.717, 1.165) is 0 Å². The Balaban J connectivity index is 0.000000180. The molecular formula is C14H20O4. The van der Waals surface area contributed by atoms with Crippen molar-refractivity contribution in [2.45, 2.75) is 52.7 Å². The third-order valence-corrected chi connectivity index (χ3v) is 2.51. The van der Waals surface area contributed by atoms with Crippen LogP contribution in [0.5, 0.6) is 0 Å². The van der Waals surface area contributed by atoms with Crippen LogP contribution in [0, 0.1) is 13.8 Å². The van der Waals surface area contributed by atoms with Crippen molar-refractivity contribution < 1.29 is 13.9 Å². The number of ether oxygens (including phenoxy) is 1. The van der Waals surface area contributed by atoms with Crippen LogP contribution in [0.4, 0.5) is 0 Å². The summed E-state index contributed by atoms with van der Waals surface area (Å²) in [4.78, 5) is 21.5. The summed E-state index contributed by atoms with van der Waals surface area (Å²) in [7, 11) is 0. The van der Waals surface area contributed by atoms with Crippen molar-refractivity contribution in [2.24, 2.45) is 0 Å². The molecule has 0 unspecified atom stereocenters. The molecule has 100 valence electrons. The van der Waals surface area contributed by atoms with E-state index in [1.807, 2.05) is 13.8 Å². The number of carbonyl (C=O) groups is 1. The summed E-state index contributed by atoms with van der Waals surface area (Å²) in [5.41, 5.74) is 0.0104. The van der Waals surface area contributed by atoms with Crippen LogP contribution in [-0.4, -0.2) is 18.0 Å². The highest BCUT2D eigenvalue weighted by atomic mass is 16.5. The Morgan fingerprint density at radius 2 is 1.44 bits per heavy atom. The fourth-order valence-electron chi connectivity index (χ4n) is 1.97. The average molecular weight is 252 g/mol. The van der Waals surface area contributed by atoms with Crippen molar-refractivity contribution in [1.29, 1.82) is 0 Å². The Hall–Kier alpha value is -1.42. The standard InChI is InChI=1S/C7H12O2.C7H8O2/c2*1-5-3-7(8)4-6(2)9-5/h5-6H,3-4H2,1-2H3;3-4H,1-2H3/t5-,6+;. The second kappa shape index (κ2) is 6.50. The number of aryl methyl sites for hydroxylation is 2. The van der Waals surface area contributed by atoms with Gasteiger partial charge in [0, 0.05) is 25.0 Å². The number of hydrogen-bond acceptors (Lipinski definition) is 4. The van der Waals surface area contributed by atoms with Gasteiger partial charge in [0.2, 0.25) is 0 Å². The van der Waals surface area contributed by atoms with Gasteiger partial charge >= 0.3 is 0 Å². The first-order valence-electron chi connectivity index (χ1n) is 6.12. The van der Waals surface area contributed by atoms with Gasteiger partial charge in [-0.05, 0) is 27.7 Å². The SMILES string of the molecule is C[C@@H]1CC(=O)C[C@H](C)O1.Cc1cc(=O)cc(C)o1. The molecule has 18 heavy (non-hydrogen) atoms. The lowest BCUT2D eigenvalue weighted by Crippen LogP contribution is -2.28. The van der Waals surface area contributed by atoms with Crippen LogP contribution in [0.25, 0.3) is 0 Å². The fraction of sp³-hybridized carbons (Fsp3) is 0.571. The maximum atomic E-state index is 10.8. The first kappa shape index (κ1) is 14.6. The van der Waals surface area contributed by atoms with E-state index in [2.05, 4.69) is 0 Å². The molecule has 4 heteroatoms. The molecule has 1 fully saturated rings. The van der Waals surface area contributed by atoms with Gasteiger partial charge < -0.3 is 9.15 Å². The van der Waals surface area contributed by atoms with Gasteiger partial charge in [0.1, 0.15) is 17.3 Å². The van der Waals surface area contributed by atoms with Crippen molar-refractivity contribution in [3.8, 4) is 0 Å². The molecule has 0 amide bonds. The molecular weight excluding hydrogens is 232 g/mol. The summed E-state index contributed by atoms with van der Waals surface area (Å²) >= 11 is 0. The van der Waals surface area contributed by atoms with E-state index in [-0.39, 0.29) is 17.6 Å². The van der Waals surface area contributed by atoms with Crippen LogP contribution in [0.2, 0.25) is 0 Å². The third-order valence-electron chi connectivity index (χ3n) is 2.51. The maximum absolute atomic E-state index is 10.8. The molecule has 2 heterocycles. The number of hydrogen-bond donors (Lipinski definition) is 0. The minimum absolute atomic E-state index is 0.0104. The van der Waals surface area contributed by atoms with E-state index in [4.69, 9.17) is 9.15 Å². The van der Waals surface area contributed by atoms with Crippen molar-refractivity contribution in [1.82, 2.24) is 0 Å². The average Bonchev–Trinajstić information content (AvgIpc) is 2.12. The molecule has 2 rings (SSSR count). The molecule has 4 nitrogen and oxygen atoms in total. The highest BCUT2D eigenvalue weighted by Gasteiger charge is 2.20. The predicted octanol–water partition coefficient (Wildman–Crippen LogP) is 2.40. The maximum Gasteiger partial charge on any atom is 0.185 e. The molecule has 1 saturated heterocycles. The Morgan fingerprint density at radius 3 is 1.78 bits per heavy atom. The second-order valence-corrected chi connectivity index (χ2v) is 4.72. The lowest BCUT2D eigenvalue weighted by Gasteiger charge is -2.23. The number of carbonyl (C=O) groups excluding carboxylic acids is 1. The fourth-order valence-corrected chi connectivity index (χ4v) is 1.97. The first-order chi connectivity index (χ1) is 8.36. The zero-order valence-electron chi connectivity index (χ0n) is 11.4. The van der Waals surface area contributed by atoms with Crippen LogP contribution in [0.3, 0.4) is 0 Å². The quantitative estimate of drug-likeness (QED) is 0.711. The number of rotatable bonds is 0. The van der Waals surface area contributed by atoms with Gasteiger partial charge in [-0.3, -0.25) is 9.59 Å². The summed E-state index contributed by atoms with van der Waals surface area (Å²) in [5.74, 6) is 1.67. The molecule has 1 aliphatic heterocycles. The van der Waals surface area contributed by atoms with Crippen LogP contribution < -0.4 is 5.43 Å². The lowest BCUT2D eigenvalue weighted by molar-refractivity contribution is -0.132. The first-order valence-corrected chi connectivity index (χ1v) is 6.12. The Labute approximate surface area is 107 Å². The smallest absolute Gasteiger partial charge is 0.185 e. The molecule has 0 aromatic carbocycles. The van der Waals surface area contributed by atoms with Gasteiger partial charge in [0.05, 0.1) is 12.2 Å². The van der Waals surface area contributed by atoms with Crippen LogP contribution in [0.15, 0.2) is 21.3 Å². The van der Waals surface area contributed by atoms with E-state index in [9.17, 15) is 9.59 Å². The molecule has 0 bridgehead atoms. The normalized spacial score (nSPS) is 23.2. The number of Topliss-reactive ketones (excluding diaryl/α,β-unsaturated/α-hetero) is 1. The molecule has 1 aromatic rings. The molecule has 0 radical (unpaired) electrons. The minimum Gasteiger partial charge on any atom is -0.466 e.